The fourth-order valence-electron chi connectivity index (χ4n) is 2.68. The highest BCUT2D eigenvalue weighted by atomic mass is 35.5. The molecule has 7 nitrogen and oxygen atoms in total. The molecule has 0 aliphatic heterocycles. The van der Waals surface area contributed by atoms with Crippen molar-refractivity contribution in [1.29, 1.82) is 0 Å². The summed E-state index contributed by atoms with van der Waals surface area (Å²) in [6.07, 6.45) is 5.15. The molecule has 1 aromatic carbocycles. The summed E-state index contributed by atoms with van der Waals surface area (Å²) in [5, 5.41) is 7.90. The molecule has 3 N–H and O–H groups in total. The molecule has 0 spiro atoms. The number of aromatic nitrogens is 4. The van der Waals surface area contributed by atoms with Gasteiger partial charge in [0.2, 0.25) is 5.95 Å². The van der Waals surface area contributed by atoms with Gasteiger partial charge in [-0.1, -0.05) is 17.7 Å². The van der Waals surface area contributed by atoms with Gasteiger partial charge in [0.15, 0.2) is 0 Å². The van der Waals surface area contributed by atoms with E-state index in [4.69, 9.17) is 22.1 Å². The Morgan fingerprint density at radius 1 is 1.19 bits per heavy atom. The Labute approximate surface area is 154 Å². The molecular weight excluding hydrogens is 352 g/mol. The molecular formula is C18H15ClN6O. The molecule has 0 radical (unpaired) electrons. The lowest BCUT2D eigenvalue weighted by atomic mass is 10.2. The van der Waals surface area contributed by atoms with Crippen LogP contribution in [-0.2, 0) is 0 Å². The van der Waals surface area contributed by atoms with Crippen LogP contribution in [0.15, 0.2) is 55.0 Å². The predicted molar refractivity (Wildman–Crippen MR) is 102 cm³/mol. The van der Waals surface area contributed by atoms with Crippen LogP contribution in [0, 0.1) is 0 Å². The Hall–Kier alpha value is -3.32. The number of benzene rings is 1. The van der Waals surface area contributed by atoms with Crippen LogP contribution in [0.3, 0.4) is 0 Å². The van der Waals surface area contributed by atoms with E-state index in [-0.39, 0.29) is 0 Å². The Morgan fingerprint density at radius 3 is 2.92 bits per heavy atom. The van der Waals surface area contributed by atoms with Gasteiger partial charge in [0.05, 0.1) is 41.4 Å². The zero-order chi connectivity index (χ0) is 18.1. The Bertz CT molecular complexity index is 1090. The molecule has 8 heteroatoms. The lowest BCUT2D eigenvalue weighted by Crippen LogP contribution is -2.01. The Morgan fingerprint density at radius 2 is 2.08 bits per heavy atom. The van der Waals surface area contributed by atoms with Crippen LogP contribution in [0.5, 0.6) is 5.75 Å². The summed E-state index contributed by atoms with van der Waals surface area (Å²) in [7, 11) is 1.59. The quantitative estimate of drug-likeness (QED) is 0.534. The van der Waals surface area contributed by atoms with Gasteiger partial charge in [0.25, 0.3) is 0 Å². The van der Waals surface area contributed by atoms with E-state index in [1.54, 1.807) is 42.2 Å². The van der Waals surface area contributed by atoms with Crippen LogP contribution in [0.1, 0.15) is 0 Å². The number of ether oxygens (including phenoxy) is 1. The number of hydrogen-bond donors (Lipinski definition) is 2. The van der Waals surface area contributed by atoms with Gasteiger partial charge in [-0.15, -0.1) is 0 Å². The minimum absolute atomic E-state index is 0.378. The van der Waals surface area contributed by atoms with E-state index in [1.165, 1.54) is 0 Å². The van der Waals surface area contributed by atoms with Gasteiger partial charge in [-0.2, -0.15) is 5.10 Å². The average molecular weight is 367 g/mol. The van der Waals surface area contributed by atoms with E-state index in [0.29, 0.717) is 33.8 Å². The standard InChI is InChI=1S/C18H15ClN6O/c1-26-16-6-5-11(20)8-14(16)23-18-21-10-13(19)17(24-18)12-9-22-25-7-3-2-4-15(12)25/h2-10H,20H2,1H3,(H,21,23,24). The molecule has 0 fully saturated rings. The zero-order valence-electron chi connectivity index (χ0n) is 13.8. The third-order valence-electron chi connectivity index (χ3n) is 3.90. The smallest absolute Gasteiger partial charge is 0.227 e. The Kier molecular flexibility index (Phi) is 4.06. The highest BCUT2D eigenvalue weighted by molar-refractivity contribution is 6.33. The summed E-state index contributed by atoms with van der Waals surface area (Å²) in [5.74, 6) is 1.01. The molecule has 4 aromatic rings. The van der Waals surface area contributed by atoms with Crippen LogP contribution in [-0.4, -0.2) is 26.7 Å². The van der Waals surface area contributed by atoms with Gasteiger partial charge in [0.1, 0.15) is 5.75 Å². The van der Waals surface area contributed by atoms with Crippen LogP contribution < -0.4 is 15.8 Å². The summed E-state index contributed by atoms with van der Waals surface area (Å²) in [4.78, 5) is 8.81. The third-order valence-corrected chi connectivity index (χ3v) is 4.17. The monoisotopic (exact) mass is 366 g/mol. The molecule has 0 aliphatic carbocycles. The van der Waals surface area contributed by atoms with Crippen molar-refractivity contribution in [2.24, 2.45) is 0 Å². The van der Waals surface area contributed by atoms with Gasteiger partial charge < -0.3 is 15.8 Å². The van der Waals surface area contributed by atoms with Crippen LogP contribution in [0.4, 0.5) is 17.3 Å². The maximum Gasteiger partial charge on any atom is 0.227 e. The largest absolute Gasteiger partial charge is 0.495 e. The third kappa shape index (κ3) is 2.89. The fourth-order valence-corrected chi connectivity index (χ4v) is 2.87. The second-order valence-corrected chi connectivity index (χ2v) is 5.97. The molecule has 0 saturated carbocycles. The topological polar surface area (TPSA) is 90.4 Å². The van der Waals surface area contributed by atoms with Crippen LogP contribution in [0.25, 0.3) is 16.8 Å². The van der Waals surface area contributed by atoms with Gasteiger partial charge >= 0.3 is 0 Å². The van der Waals surface area contributed by atoms with Crippen molar-refractivity contribution >= 4 is 34.4 Å². The van der Waals surface area contributed by atoms with Crippen molar-refractivity contribution in [3.8, 4) is 17.0 Å². The highest BCUT2D eigenvalue weighted by Gasteiger charge is 2.14. The number of nitrogens with two attached hydrogens (primary N) is 1. The molecule has 3 heterocycles. The van der Waals surface area contributed by atoms with Crippen molar-refractivity contribution in [1.82, 2.24) is 19.6 Å². The first kappa shape index (κ1) is 16.2. The zero-order valence-corrected chi connectivity index (χ0v) is 14.6. The summed E-state index contributed by atoms with van der Waals surface area (Å²) in [5.41, 5.74) is 9.44. The Balaban J connectivity index is 1.77. The van der Waals surface area contributed by atoms with Crippen molar-refractivity contribution in [3.63, 3.8) is 0 Å². The molecule has 0 bridgehead atoms. The fraction of sp³-hybridized carbons (Fsp3) is 0.0556. The molecule has 130 valence electrons. The number of rotatable bonds is 4. The lowest BCUT2D eigenvalue weighted by molar-refractivity contribution is 0.417. The number of nitrogens with zero attached hydrogens (tertiary/aromatic N) is 4. The van der Waals surface area contributed by atoms with Crippen LogP contribution >= 0.6 is 11.6 Å². The first-order valence-electron chi connectivity index (χ1n) is 7.81. The number of nitrogen functional groups attached to an aromatic ring is 1. The van der Waals surface area contributed by atoms with Crippen molar-refractivity contribution < 1.29 is 4.74 Å². The highest BCUT2D eigenvalue weighted by Crippen LogP contribution is 2.32. The minimum atomic E-state index is 0.378. The number of anilines is 3. The van der Waals surface area contributed by atoms with Crippen molar-refractivity contribution in [2.45, 2.75) is 0 Å². The lowest BCUT2D eigenvalue weighted by Gasteiger charge is -2.11. The molecule has 4 rings (SSSR count). The van der Waals surface area contributed by atoms with Gasteiger partial charge in [-0.05, 0) is 30.3 Å². The molecule has 3 aromatic heterocycles. The van der Waals surface area contributed by atoms with Crippen LogP contribution in [0.2, 0.25) is 5.02 Å². The predicted octanol–water partition coefficient (Wildman–Crippen LogP) is 3.78. The molecule has 0 saturated heterocycles. The number of nitrogens with one attached hydrogen (secondary N) is 1. The van der Waals surface area contributed by atoms with Crippen molar-refractivity contribution in [3.05, 3.63) is 60.0 Å². The molecule has 26 heavy (non-hydrogen) atoms. The second-order valence-electron chi connectivity index (χ2n) is 5.56. The van der Waals surface area contributed by atoms with Gasteiger partial charge in [0, 0.05) is 17.4 Å². The number of halogens is 1. The summed E-state index contributed by atoms with van der Waals surface area (Å²) in [6, 6.07) is 11.1. The van der Waals surface area contributed by atoms with E-state index < -0.39 is 0 Å². The second kappa shape index (κ2) is 6.53. The van der Waals surface area contributed by atoms with E-state index in [2.05, 4.69) is 20.4 Å². The first-order chi connectivity index (χ1) is 12.7. The number of hydrogen-bond acceptors (Lipinski definition) is 6. The average Bonchev–Trinajstić information content (AvgIpc) is 3.07. The summed E-state index contributed by atoms with van der Waals surface area (Å²) >= 11 is 6.34. The number of methoxy groups -OCH3 is 1. The van der Waals surface area contributed by atoms with E-state index >= 15 is 0 Å². The maximum absolute atomic E-state index is 6.34. The van der Waals surface area contributed by atoms with E-state index in [9.17, 15) is 0 Å². The molecule has 0 unspecified atom stereocenters. The molecule has 0 aliphatic rings. The number of pyridine rings is 1. The summed E-state index contributed by atoms with van der Waals surface area (Å²) < 4.78 is 7.11. The van der Waals surface area contributed by atoms with Crippen molar-refractivity contribution in [2.75, 3.05) is 18.2 Å². The number of fused-ring (bicyclic) bond motifs is 1. The van der Waals surface area contributed by atoms with E-state index in [1.807, 2.05) is 24.4 Å². The minimum Gasteiger partial charge on any atom is -0.495 e. The van der Waals surface area contributed by atoms with Gasteiger partial charge in [-0.3, -0.25) is 0 Å². The maximum atomic E-state index is 6.34. The normalized spacial score (nSPS) is 10.8. The summed E-state index contributed by atoms with van der Waals surface area (Å²) in [6.45, 7) is 0. The molecule has 0 amide bonds. The molecule has 0 atom stereocenters. The SMILES string of the molecule is COc1ccc(N)cc1Nc1ncc(Cl)c(-c2cnn3ccccc23)n1. The van der Waals surface area contributed by atoms with Gasteiger partial charge in [-0.25, -0.2) is 14.5 Å². The van der Waals surface area contributed by atoms with E-state index in [0.717, 1.165) is 11.1 Å². The first-order valence-corrected chi connectivity index (χ1v) is 8.19.